The number of para-hydroxylation sites is 2. The van der Waals surface area contributed by atoms with Crippen molar-refractivity contribution in [2.24, 2.45) is 0 Å². The van der Waals surface area contributed by atoms with Crippen molar-refractivity contribution in [2.75, 3.05) is 19.5 Å². The van der Waals surface area contributed by atoms with E-state index in [-0.39, 0.29) is 18.5 Å². The van der Waals surface area contributed by atoms with Crippen LogP contribution in [0.3, 0.4) is 0 Å². The molecular formula is C21H22BrN3O3S. The van der Waals surface area contributed by atoms with Crippen LogP contribution in [-0.2, 0) is 17.1 Å². The summed E-state index contributed by atoms with van der Waals surface area (Å²) in [5.41, 5.74) is 2.83. The Kier molecular flexibility index (Phi) is 6.01. The Morgan fingerprint density at radius 1 is 1.28 bits per heavy atom. The molecule has 1 aliphatic rings. The minimum absolute atomic E-state index is 0.0650. The molecular weight excluding hydrogens is 454 g/mol. The highest BCUT2D eigenvalue weighted by molar-refractivity contribution is 9.10. The Labute approximate surface area is 182 Å². The van der Waals surface area contributed by atoms with E-state index in [1.165, 1.54) is 0 Å². The van der Waals surface area contributed by atoms with Crippen molar-refractivity contribution in [3.63, 3.8) is 0 Å². The third-order valence-corrected chi connectivity index (χ3v) is 6.05. The fourth-order valence-electron chi connectivity index (χ4n) is 3.46. The zero-order valence-electron chi connectivity index (χ0n) is 16.3. The first-order valence-electron chi connectivity index (χ1n) is 9.38. The fraction of sp³-hybridized carbons (Fsp3) is 0.333. The van der Waals surface area contributed by atoms with E-state index in [1.807, 2.05) is 54.1 Å². The molecule has 1 N–H and O–H groups in total. The lowest BCUT2D eigenvalue weighted by molar-refractivity contribution is -0.122. The summed E-state index contributed by atoms with van der Waals surface area (Å²) >= 11 is 5.28. The lowest BCUT2D eigenvalue weighted by Gasteiger charge is -2.22. The summed E-state index contributed by atoms with van der Waals surface area (Å²) < 4.78 is 14.2. The Bertz CT molecular complexity index is 1050. The first kappa shape index (κ1) is 20.1. The van der Waals surface area contributed by atoms with E-state index in [0.29, 0.717) is 19.0 Å². The zero-order chi connectivity index (χ0) is 20.4. The van der Waals surface area contributed by atoms with E-state index < -0.39 is 0 Å². The van der Waals surface area contributed by atoms with E-state index >= 15 is 0 Å². The van der Waals surface area contributed by atoms with Crippen molar-refractivity contribution >= 4 is 44.6 Å². The molecule has 1 unspecified atom stereocenters. The number of hydrogen-bond acceptors (Lipinski definition) is 5. The highest BCUT2D eigenvalue weighted by Gasteiger charge is 2.20. The van der Waals surface area contributed by atoms with Gasteiger partial charge in [-0.3, -0.25) is 4.79 Å². The smallest absolute Gasteiger partial charge is 0.240 e. The molecule has 152 valence electrons. The van der Waals surface area contributed by atoms with Crippen LogP contribution < -0.4 is 14.8 Å². The van der Waals surface area contributed by atoms with E-state index in [2.05, 4.69) is 26.2 Å². The minimum atomic E-state index is -0.188. The monoisotopic (exact) mass is 475 g/mol. The average molecular weight is 476 g/mol. The molecule has 0 saturated carbocycles. The van der Waals surface area contributed by atoms with Gasteiger partial charge in [0.1, 0.15) is 25.6 Å². The third kappa shape index (κ3) is 4.23. The molecule has 1 atom stereocenters. The summed E-state index contributed by atoms with van der Waals surface area (Å²) in [5.74, 6) is 3.02. The van der Waals surface area contributed by atoms with Gasteiger partial charge in [0.05, 0.1) is 22.8 Å². The van der Waals surface area contributed by atoms with Crippen LogP contribution in [0.15, 0.2) is 40.9 Å². The highest BCUT2D eigenvalue weighted by Crippen LogP contribution is 2.37. The summed E-state index contributed by atoms with van der Waals surface area (Å²) in [6, 6.07) is 11.5. The number of nitrogens with one attached hydrogen (secondary N) is 1. The molecule has 0 radical (unpaired) electrons. The number of carbonyl (C=O) groups excluding carboxylic acids is 1. The summed E-state index contributed by atoms with van der Waals surface area (Å²) in [5, 5.41) is 3.10. The maximum absolute atomic E-state index is 12.9. The standard InChI is InChI=1S/C21H22BrN3O3S/c1-13(14-9-18-19(10-15(14)22)28-8-7-27-18)23-21(26)11-25-17-6-4-3-5-16(17)24-20(25)12-29-2/h3-6,9-10,13H,7-8,11-12H2,1-2H3,(H,23,26). The number of amides is 1. The molecule has 29 heavy (non-hydrogen) atoms. The first-order valence-corrected chi connectivity index (χ1v) is 11.6. The molecule has 2 heterocycles. The van der Waals surface area contributed by atoms with Crippen LogP contribution in [-0.4, -0.2) is 34.9 Å². The number of ether oxygens (including phenoxy) is 2. The summed E-state index contributed by atoms with van der Waals surface area (Å²) in [6.07, 6.45) is 2.03. The van der Waals surface area contributed by atoms with Gasteiger partial charge >= 0.3 is 0 Å². The van der Waals surface area contributed by atoms with Crippen molar-refractivity contribution in [1.82, 2.24) is 14.9 Å². The van der Waals surface area contributed by atoms with Gasteiger partial charge in [-0.25, -0.2) is 4.98 Å². The van der Waals surface area contributed by atoms with E-state index in [1.54, 1.807) is 11.8 Å². The summed E-state index contributed by atoms with van der Waals surface area (Å²) in [7, 11) is 0. The number of fused-ring (bicyclic) bond motifs is 2. The number of thioether (sulfide) groups is 1. The number of halogens is 1. The fourth-order valence-corrected chi connectivity index (χ4v) is 4.61. The predicted octanol–water partition coefficient (Wildman–Crippen LogP) is 4.31. The first-order chi connectivity index (χ1) is 14.1. The number of nitrogens with zero attached hydrogens (tertiary/aromatic N) is 2. The Morgan fingerprint density at radius 3 is 2.76 bits per heavy atom. The lowest BCUT2D eigenvalue weighted by atomic mass is 10.1. The van der Waals surface area contributed by atoms with Crippen molar-refractivity contribution in [1.29, 1.82) is 0 Å². The van der Waals surface area contributed by atoms with Gasteiger partial charge < -0.3 is 19.4 Å². The molecule has 2 aromatic carbocycles. The maximum Gasteiger partial charge on any atom is 0.240 e. The number of aromatic nitrogens is 2. The van der Waals surface area contributed by atoms with Gasteiger partial charge in [0.25, 0.3) is 0 Å². The Balaban J connectivity index is 1.53. The topological polar surface area (TPSA) is 65.4 Å². The number of imidazole rings is 1. The maximum atomic E-state index is 12.9. The van der Waals surface area contributed by atoms with Crippen molar-refractivity contribution in [2.45, 2.75) is 25.3 Å². The molecule has 6 nitrogen and oxygen atoms in total. The molecule has 1 aromatic heterocycles. The van der Waals surface area contributed by atoms with Gasteiger partial charge in [0.2, 0.25) is 5.91 Å². The van der Waals surface area contributed by atoms with E-state index in [0.717, 1.165) is 38.4 Å². The van der Waals surface area contributed by atoms with Crippen LogP contribution in [0.2, 0.25) is 0 Å². The van der Waals surface area contributed by atoms with Crippen LogP contribution in [0.25, 0.3) is 11.0 Å². The van der Waals surface area contributed by atoms with Gasteiger partial charge in [-0.15, -0.1) is 0 Å². The summed E-state index contributed by atoms with van der Waals surface area (Å²) in [4.78, 5) is 17.5. The second kappa shape index (κ2) is 8.67. The van der Waals surface area contributed by atoms with E-state index in [9.17, 15) is 4.79 Å². The van der Waals surface area contributed by atoms with Crippen molar-refractivity contribution in [3.8, 4) is 11.5 Å². The number of hydrogen-bond donors (Lipinski definition) is 1. The molecule has 1 aliphatic heterocycles. The SMILES string of the molecule is CSCc1nc2ccccc2n1CC(=O)NC(C)c1cc2c(cc1Br)OCCO2. The van der Waals surface area contributed by atoms with Crippen molar-refractivity contribution in [3.05, 3.63) is 52.3 Å². The largest absolute Gasteiger partial charge is 0.486 e. The molecule has 0 fully saturated rings. The summed E-state index contributed by atoms with van der Waals surface area (Å²) in [6.45, 7) is 3.26. The third-order valence-electron chi connectivity index (χ3n) is 4.81. The molecule has 0 bridgehead atoms. The second-order valence-corrected chi connectivity index (χ2v) is 8.56. The molecule has 3 aromatic rings. The highest BCUT2D eigenvalue weighted by atomic mass is 79.9. The molecule has 0 saturated heterocycles. The number of carbonyl (C=O) groups is 1. The second-order valence-electron chi connectivity index (χ2n) is 6.84. The van der Waals surface area contributed by atoms with Crippen molar-refractivity contribution < 1.29 is 14.3 Å². The molecule has 4 rings (SSSR count). The molecule has 0 aliphatic carbocycles. The molecule has 1 amide bonds. The zero-order valence-corrected chi connectivity index (χ0v) is 18.7. The van der Waals surface area contributed by atoms with Crippen LogP contribution in [0.1, 0.15) is 24.4 Å². The predicted molar refractivity (Wildman–Crippen MR) is 119 cm³/mol. The molecule has 0 spiro atoms. The van der Waals surface area contributed by atoms with Crippen LogP contribution >= 0.6 is 27.7 Å². The van der Waals surface area contributed by atoms with Crippen LogP contribution in [0.5, 0.6) is 11.5 Å². The number of benzene rings is 2. The van der Waals surface area contributed by atoms with Gasteiger partial charge in [0.15, 0.2) is 11.5 Å². The van der Waals surface area contributed by atoms with Crippen LogP contribution in [0.4, 0.5) is 0 Å². The van der Waals surface area contributed by atoms with Gasteiger partial charge in [-0.1, -0.05) is 28.1 Å². The Morgan fingerprint density at radius 2 is 2.00 bits per heavy atom. The Hall–Kier alpha value is -2.19. The van der Waals surface area contributed by atoms with Gasteiger partial charge in [-0.2, -0.15) is 11.8 Å². The quantitative estimate of drug-likeness (QED) is 0.575. The number of rotatable bonds is 6. The van der Waals surface area contributed by atoms with Gasteiger partial charge in [0, 0.05) is 4.47 Å². The van der Waals surface area contributed by atoms with E-state index in [4.69, 9.17) is 9.47 Å². The van der Waals surface area contributed by atoms with Gasteiger partial charge in [-0.05, 0) is 43.0 Å². The lowest BCUT2D eigenvalue weighted by Crippen LogP contribution is -2.31. The minimum Gasteiger partial charge on any atom is -0.486 e. The normalized spacial score (nSPS) is 14.0. The molecule has 8 heteroatoms. The van der Waals surface area contributed by atoms with Crippen LogP contribution in [0, 0.1) is 0 Å². The average Bonchev–Trinajstić information content (AvgIpc) is 3.05.